The molecule has 0 aromatic carbocycles. The highest BCUT2D eigenvalue weighted by atomic mass is 16.5. The lowest BCUT2D eigenvalue weighted by molar-refractivity contribution is -0.116. The van der Waals surface area contributed by atoms with E-state index in [1.807, 2.05) is 0 Å². The van der Waals surface area contributed by atoms with Gasteiger partial charge in [0.2, 0.25) is 5.91 Å². The Morgan fingerprint density at radius 1 is 1.38 bits per heavy atom. The standard InChI is InChI=1S/C10H19NO2/c1-3-10(12)11-8-6-4-5-7-9-13-2/h3H,1,4-9H2,2H3,(H,11,12). The van der Waals surface area contributed by atoms with Crippen molar-refractivity contribution >= 4 is 5.91 Å². The van der Waals surface area contributed by atoms with E-state index in [-0.39, 0.29) is 5.91 Å². The van der Waals surface area contributed by atoms with Crippen LogP contribution in [0.2, 0.25) is 0 Å². The number of nitrogens with one attached hydrogen (secondary N) is 1. The van der Waals surface area contributed by atoms with E-state index in [2.05, 4.69) is 11.9 Å². The van der Waals surface area contributed by atoms with Gasteiger partial charge >= 0.3 is 0 Å². The molecule has 0 atom stereocenters. The monoisotopic (exact) mass is 185 g/mol. The third-order valence-electron chi connectivity index (χ3n) is 1.76. The maximum atomic E-state index is 10.7. The molecule has 0 aromatic heterocycles. The van der Waals surface area contributed by atoms with Crippen molar-refractivity contribution in [1.29, 1.82) is 0 Å². The van der Waals surface area contributed by atoms with Crippen LogP contribution in [0, 0.1) is 0 Å². The Morgan fingerprint density at radius 3 is 2.69 bits per heavy atom. The van der Waals surface area contributed by atoms with Crippen LogP contribution in [-0.4, -0.2) is 26.2 Å². The molecule has 76 valence electrons. The molecular weight excluding hydrogens is 166 g/mol. The van der Waals surface area contributed by atoms with E-state index in [9.17, 15) is 4.79 Å². The summed E-state index contributed by atoms with van der Waals surface area (Å²) in [5.41, 5.74) is 0. The van der Waals surface area contributed by atoms with E-state index < -0.39 is 0 Å². The lowest BCUT2D eigenvalue weighted by Crippen LogP contribution is -2.21. The van der Waals surface area contributed by atoms with Crippen LogP contribution in [0.15, 0.2) is 12.7 Å². The normalized spacial score (nSPS) is 9.62. The number of carbonyl (C=O) groups excluding carboxylic acids is 1. The molecule has 0 radical (unpaired) electrons. The average molecular weight is 185 g/mol. The van der Waals surface area contributed by atoms with Crippen molar-refractivity contribution < 1.29 is 9.53 Å². The van der Waals surface area contributed by atoms with Gasteiger partial charge in [0.25, 0.3) is 0 Å². The number of carbonyl (C=O) groups is 1. The van der Waals surface area contributed by atoms with Crippen molar-refractivity contribution in [3.63, 3.8) is 0 Å². The summed E-state index contributed by atoms with van der Waals surface area (Å²) in [6.07, 6.45) is 5.73. The Hall–Kier alpha value is -0.830. The molecule has 0 spiro atoms. The first-order valence-corrected chi connectivity index (χ1v) is 4.70. The summed E-state index contributed by atoms with van der Waals surface area (Å²) in [6.45, 7) is 4.95. The molecule has 3 heteroatoms. The van der Waals surface area contributed by atoms with E-state index >= 15 is 0 Å². The summed E-state index contributed by atoms with van der Waals surface area (Å²) in [6, 6.07) is 0. The first-order valence-electron chi connectivity index (χ1n) is 4.70. The predicted octanol–water partition coefficient (Wildman–Crippen LogP) is 1.50. The van der Waals surface area contributed by atoms with Crippen LogP contribution in [-0.2, 0) is 9.53 Å². The second-order valence-corrected chi connectivity index (χ2v) is 2.90. The van der Waals surface area contributed by atoms with E-state index in [1.54, 1.807) is 7.11 Å². The van der Waals surface area contributed by atoms with Gasteiger partial charge in [-0.1, -0.05) is 19.4 Å². The predicted molar refractivity (Wildman–Crippen MR) is 53.6 cm³/mol. The van der Waals surface area contributed by atoms with Crippen molar-refractivity contribution in [2.45, 2.75) is 25.7 Å². The van der Waals surface area contributed by atoms with Gasteiger partial charge in [-0.2, -0.15) is 0 Å². The number of ether oxygens (including phenoxy) is 1. The van der Waals surface area contributed by atoms with Crippen LogP contribution in [0.25, 0.3) is 0 Å². The molecule has 0 saturated carbocycles. The van der Waals surface area contributed by atoms with Crippen LogP contribution in [0.5, 0.6) is 0 Å². The van der Waals surface area contributed by atoms with Gasteiger partial charge in [-0.15, -0.1) is 0 Å². The second kappa shape index (κ2) is 9.26. The summed E-state index contributed by atoms with van der Waals surface area (Å²) < 4.78 is 4.92. The number of amides is 1. The molecular formula is C10H19NO2. The number of hydrogen-bond acceptors (Lipinski definition) is 2. The van der Waals surface area contributed by atoms with E-state index in [1.165, 1.54) is 6.08 Å². The SMILES string of the molecule is C=CC(=O)NCCCCCCOC. The summed E-state index contributed by atoms with van der Waals surface area (Å²) in [7, 11) is 1.71. The van der Waals surface area contributed by atoms with Crippen molar-refractivity contribution in [1.82, 2.24) is 5.32 Å². The molecule has 3 nitrogen and oxygen atoms in total. The van der Waals surface area contributed by atoms with Gasteiger partial charge in [0, 0.05) is 20.3 Å². The van der Waals surface area contributed by atoms with Gasteiger partial charge in [-0.05, 0) is 18.9 Å². The molecule has 0 aliphatic carbocycles. The molecule has 0 aliphatic rings. The highest BCUT2D eigenvalue weighted by Crippen LogP contribution is 1.98. The largest absolute Gasteiger partial charge is 0.385 e. The van der Waals surface area contributed by atoms with Crippen LogP contribution in [0.4, 0.5) is 0 Å². The number of unbranched alkanes of at least 4 members (excludes halogenated alkanes) is 3. The van der Waals surface area contributed by atoms with Crippen LogP contribution >= 0.6 is 0 Å². The second-order valence-electron chi connectivity index (χ2n) is 2.90. The molecule has 0 fully saturated rings. The van der Waals surface area contributed by atoms with E-state index in [0.717, 1.165) is 38.8 Å². The molecule has 0 unspecified atom stereocenters. The molecule has 0 aliphatic heterocycles. The third-order valence-corrected chi connectivity index (χ3v) is 1.76. The zero-order chi connectivity index (χ0) is 9.94. The maximum Gasteiger partial charge on any atom is 0.243 e. The molecule has 0 saturated heterocycles. The smallest absolute Gasteiger partial charge is 0.243 e. The summed E-state index contributed by atoms with van der Waals surface area (Å²) in [4.78, 5) is 10.7. The Kier molecular flexibility index (Phi) is 8.67. The minimum atomic E-state index is -0.0862. The molecule has 0 aromatic rings. The summed E-state index contributed by atoms with van der Waals surface area (Å²) in [5.74, 6) is -0.0862. The first-order chi connectivity index (χ1) is 6.31. The van der Waals surface area contributed by atoms with Crippen molar-refractivity contribution in [3.8, 4) is 0 Å². The van der Waals surface area contributed by atoms with Crippen LogP contribution in [0.3, 0.4) is 0 Å². The maximum absolute atomic E-state index is 10.7. The van der Waals surface area contributed by atoms with Crippen molar-refractivity contribution in [2.24, 2.45) is 0 Å². The van der Waals surface area contributed by atoms with Crippen LogP contribution < -0.4 is 5.32 Å². The number of hydrogen-bond donors (Lipinski definition) is 1. The summed E-state index contributed by atoms with van der Waals surface area (Å²) in [5, 5.41) is 2.73. The van der Waals surface area contributed by atoms with Gasteiger partial charge in [0.05, 0.1) is 0 Å². The van der Waals surface area contributed by atoms with Crippen molar-refractivity contribution in [3.05, 3.63) is 12.7 Å². The Labute approximate surface area is 80.2 Å². The fourth-order valence-electron chi connectivity index (χ4n) is 1.01. The minimum absolute atomic E-state index is 0.0862. The highest BCUT2D eigenvalue weighted by molar-refractivity contribution is 5.86. The minimum Gasteiger partial charge on any atom is -0.385 e. The first kappa shape index (κ1) is 12.2. The quantitative estimate of drug-likeness (QED) is 0.459. The molecule has 0 rings (SSSR count). The van der Waals surface area contributed by atoms with Gasteiger partial charge in [0.1, 0.15) is 0 Å². The van der Waals surface area contributed by atoms with Crippen LogP contribution in [0.1, 0.15) is 25.7 Å². The lowest BCUT2D eigenvalue weighted by Gasteiger charge is -2.01. The molecule has 1 amide bonds. The fraction of sp³-hybridized carbons (Fsp3) is 0.700. The molecule has 0 bridgehead atoms. The third kappa shape index (κ3) is 9.08. The van der Waals surface area contributed by atoms with E-state index in [0.29, 0.717) is 0 Å². The average Bonchev–Trinajstić information content (AvgIpc) is 2.16. The van der Waals surface area contributed by atoms with Gasteiger partial charge in [-0.3, -0.25) is 4.79 Å². The summed E-state index contributed by atoms with van der Waals surface area (Å²) >= 11 is 0. The van der Waals surface area contributed by atoms with Gasteiger partial charge in [0.15, 0.2) is 0 Å². The topological polar surface area (TPSA) is 38.3 Å². The van der Waals surface area contributed by atoms with Crippen molar-refractivity contribution in [2.75, 3.05) is 20.3 Å². The molecule has 0 heterocycles. The molecule has 1 N–H and O–H groups in total. The van der Waals surface area contributed by atoms with Gasteiger partial charge in [-0.25, -0.2) is 0 Å². The zero-order valence-electron chi connectivity index (χ0n) is 8.34. The molecule has 13 heavy (non-hydrogen) atoms. The lowest BCUT2D eigenvalue weighted by atomic mass is 10.2. The Morgan fingerprint density at radius 2 is 2.08 bits per heavy atom. The fourth-order valence-corrected chi connectivity index (χ4v) is 1.01. The number of rotatable bonds is 8. The van der Waals surface area contributed by atoms with E-state index in [4.69, 9.17) is 4.74 Å². The van der Waals surface area contributed by atoms with Gasteiger partial charge < -0.3 is 10.1 Å². The number of methoxy groups -OCH3 is 1. The Bertz CT molecular complexity index is 146. The highest BCUT2D eigenvalue weighted by Gasteiger charge is 1.92. The zero-order valence-corrected chi connectivity index (χ0v) is 8.34. The Balaban J connectivity index is 2.99.